The predicted molar refractivity (Wildman–Crippen MR) is 154 cm³/mol. The molecule has 0 bridgehead atoms. The molecular formula is C28H42N2O17. The van der Waals surface area contributed by atoms with Crippen molar-refractivity contribution in [2.45, 2.75) is 81.6 Å². The monoisotopic (exact) mass is 678 g/mol. The number of nitrogens with zero attached hydrogens (tertiary/aromatic N) is 1. The molecule has 0 saturated carbocycles. The van der Waals surface area contributed by atoms with Gasteiger partial charge in [-0.3, -0.25) is 14.9 Å². The number of aliphatic hydroxyl groups excluding tert-OH is 5. The summed E-state index contributed by atoms with van der Waals surface area (Å²) in [7, 11) is 2.51. The average molecular weight is 679 g/mol. The molecule has 19 nitrogen and oxygen atoms in total. The van der Waals surface area contributed by atoms with Crippen molar-refractivity contribution in [3.05, 3.63) is 27.8 Å². The molecule has 2 heterocycles. The van der Waals surface area contributed by atoms with E-state index >= 15 is 0 Å². The van der Waals surface area contributed by atoms with Crippen molar-refractivity contribution in [3.8, 4) is 11.5 Å². The molecule has 3 rings (SSSR count). The highest BCUT2D eigenvalue weighted by atomic mass is 16.7. The summed E-state index contributed by atoms with van der Waals surface area (Å²) < 4.78 is 43.5. The minimum atomic E-state index is -1.76. The van der Waals surface area contributed by atoms with Gasteiger partial charge in [0.2, 0.25) is 5.91 Å². The normalized spacial score (nSPS) is 30.7. The topological polar surface area (TPSA) is 264 Å². The van der Waals surface area contributed by atoms with Gasteiger partial charge >= 0.3 is 5.97 Å². The zero-order chi connectivity index (χ0) is 34.8. The number of aliphatic hydroxyl groups is 5. The summed E-state index contributed by atoms with van der Waals surface area (Å²) in [5.41, 5.74) is -0.295. The molecule has 266 valence electrons. The molecule has 1 aromatic rings. The Kier molecular flexibility index (Phi) is 14.5. The molecular weight excluding hydrogens is 636 g/mol. The maximum Gasteiger partial charge on any atom is 0.338 e. The first-order valence-corrected chi connectivity index (χ1v) is 14.6. The van der Waals surface area contributed by atoms with Crippen LogP contribution in [0, 0.1) is 10.1 Å². The number of carbonyl (C=O) groups is 2. The van der Waals surface area contributed by atoms with Crippen LogP contribution in [0.25, 0.3) is 0 Å². The first-order valence-electron chi connectivity index (χ1n) is 14.6. The zero-order valence-electron chi connectivity index (χ0n) is 26.3. The summed E-state index contributed by atoms with van der Waals surface area (Å²) in [6.45, 7) is 1.18. The Labute approximate surface area is 269 Å². The third-order valence-electron chi connectivity index (χ3n) is 7.55. The Balaban J connectivity index is 1.56. The molecule has 2 saturated heterocycles. The van der Waals surface area contributed by atoms with Gasteiger partial charge in [0.05, 0.1) is 62.2 Å². The van der Waals surface area contributed by atoms with E-state index in [2.05, 4.69) is 5.32 Å². The van der Waals surface area contributed by atoms with Crippen LogP contribution in [0.3, 0.4) is 0 Å². The second kappa shape index (κ2) is 17.8. The van der Waals surface area contributed by atoms with Crippen molar-refractivity contribution in [2.75, 3.05) is 47.3 Å². The van der Waals surface area contributed by atoms with Crippen LogP contribution in [0.4, 0.5) is 5.69 Å². The summed E-state index contributed by atoms with van der Waals surface area (Å²) in [6.07, 6.45) is -12.8. The number of esters is 1. The minimum absolute atomic E-state index is 0.0200. The number of ether oxygens (including phenoxy) is 8. The summed E-state index contributed by atoms with van der Waals surface area (Å²) in [6, 6.07) is 1.46. The fourth-order valence-electron chi connectivity index (χ4n) is 5.20. The van der Waals surface area contributed by atoms with Crippen LogP contribution in [-0.4, -0.2) is 151 Å². The summed E-state index contributed by atoms with van der Waals surface area (Å²) in [5, 5.41) is 65.1. The van der Waals surface area contributed by atoms with Gasteiger partial charge in [-0.25, -0.2) is 4.79 Å². The fourth-order valence-corrected chi connectivity index (χ4v) is 5.20. The number of nitro groups is 1. The Bertz CT molecular complexity index is 1200. The van der Waals surface area contributed by atoms with E-state index in [1.807, 2.05) is 0 Å². The van der Waals surface area contributed by atoms with Gasteiger partial charge in [0.1, 0.15) is 49.8 Å². The van der Waals surface area contributed by atoms with Crippen LogP contribution in [-0.2, 0) is 44.6 Å². The number of nitro benzene ring substituents is 1. The van der Waals surface area contributed by atoms with Crippen molar-refractivity contribution in [1.29, 1.82) is 0 Å². The van der Waals surface area contributed by atoms with E-state index in [0.29, 0.717) is 0 Å². The highest BCUT2D eigenvalue weighted by molar-refractivity contribution is 5.76. The number of amides is 1. The lowest BCUT2D eigenvalue weighted by molar-refractivity contribution is -0.386. The van der Waals surface area contributed by atoms with Crippen molar-refractivity contribution in [3.63, 3.8) is 0 Å². The molecule has 1 amide bonds. The van der Waals surface area contributed by atoms with Crippen molar-refractivity contribution < 1.29 is 77.9 Å². The second-order valence-corrected chi connectivity index (χ2v) is 10.7. The highest BCUT2D eigenvalue weighted by Crippen LogP contribution is 2.35. The molecule has 0 spiro atoms. The maximum absolute atomic E-state index is 13.0. The Morgan fingerprint density at radius 3 is 2.28 bits per heavy atom. The molecule has 10 unspecified atom stereocenters. The quantitative estimate of drug-likeness (QED) is 0.0458. The van der Waals surface area contributed by atoms with Crippen LogP contribution >= 0.6 is 0 Å². The van der Waals surface area contributed by atoms with E-state index in [4.69, 9.17) is 37.9 Å². The molecule has 1 aromatic carbocycles. The van der Waals surface area contributed by atoms with E-state index < -0.39 is 91.2 Å². The third-order valence-corrected chi connectivity index (χ3v) is 7.55. The van der Waals surface area contributed by atoms with Crippen LogP contribution in [0.15, 0.2) is 12.1 Å². The smallest absolute Gasteiger partial charge is 0.338 e. The molecule has 0 radical (unpaired) electrons. The standard InChI is InChI=1S/C28H42N2O17/c1-13-20(29-14(2)33)24(21(34)19(12-32)45-13)46-28-23(36)22(35)25(41-4)26(47-28)27(37)44-8-6-42-5-7-43-18-10-16(30(38)39)15(11-31)9-17(18)40-3/h9-10,13,19-26,28,31-32,34-36H,5-8,11-12H2,1-4H3,(H,29,33). The van der Waals surface area contributed by atoms with Gasteiger partial charge in [-0.05, 0) is 13.0 Å². The van der Waals surface area contributed by atoms with Gasteiger partial charge in [-0.1, -0.05) is 0 Å². The van der Waals surface area contributed by atoms with E-state index in [0.717, 1.165) is 6.07 Å². The summed E-state index contributed by atoms with van der Waals surface area (Å²) in [5.74, 6) is -1.25. The lowest BCUT2D eigenvalue weighted by Crippen LogP contribution is -2.67. The Hall–Kier alpha value is -3.24. The molecule has 10 atom stereocenters. The highest BCUT2D eigenvalue weighted by Gasteiger charge is 2.52. The van der Waals surface area contributed by atoms with Gasteiger partial charge in [0.15, 0.2) is 23.9 Å². The van der Waals surface area contributed by atoms with Crippen molar-refractivity contribution in [2.24, 2.45) is 0 Å². The van der Waals surface area contributed by atoms with E-state index in [9.17, 15) is 45.2 Å². The molecule has 19 heteroatoms. The summed E-state index contributed by atoms with van der Waals surface area (Å²) in [4.78, 5) is 35.4. The average Bonchev–Trinajstić information content (AvgIpc) is 3.04. The number of methoxy groups -OCH3 is 2. The third kappa shape index (κ3) is 9.44. The van der Waals surface area contributed by atoms with E-state index in [1.165, 1.54) is 27.2 Å². The lowest BCUT2D eigenvalue weighted by Gasteiger charge is -2.47. The SMILES string of the molecule is COc1cc(CO)c([N+](=O)[O-])cc1OCCOCCOC(=O)C1OC(OC2C(O)C(CO)OC(C)C2NC(C)=O)C(O)C(O)C1OC. The lowest BCUT2D eigenvalue weighted by atomic mass is 9.92. The largest absolute Gasteiger partial charge is 0.493 e. The number of hydrogen-bond donors (Lipinski definition) is 6. The number of hydrogen-bond acceptors (Lipinski definition) is 17. The van der Waals surface area contributed by atoms with Crippen LogP contribution in [0.2, 0.25) is 0 Å². The Morgan fingerprint density at radius 2 is 1.68 bits per heavy atom. The first kappa shape index (κ1) is 38.2. The van der Waals surface area contributed by atoms with E-state index in [-0.39, 0.29) is 49.2 Å². The van der Waals surface area contributed by atoms with Crippen molar-refractivity contribution in [1.82, 2.24) is 5.32 Å². The molecule has 2 aliphatic heterocycles. The van der Waals surface area contributed by atoms with Gasteiger partial charge in [-0.2, -0.15) is 0 Å². The first-order chi connectivity index (χ1) is 22.4. The molecule has 47 heavy (non-hydrogen) atoms. The molecule has 2 fully saturated rings. The maximum atomic E-state index is 13.0. The number of rotatable bonds is 16. The van der Waals surface area contributed by atoms with Crippen LogP contribution in [0.5, 0.6) is 11.5 Å². The molecule has 2 aliphatic rings. The Morgan fingerprint density at radius 1 is 0.979 bits per heavy atom. The van der Waals surface area contributed by atoms with Gasteiger partial charge in [-0.15, -0.1) is 0 Å². The summed E-state index contributed by atoms with van der Waals surface area (Å²) >= 11 is 0. The van der Waals surface area contributed by atoms with Gasteiger partial charge in [0, 0.05) is 14.0 Å². The van der Waals surface area contributed by atoms with Crippen LogP contribution in [0.1, 0.15) is 19.4 Å². The van der Waals surface area contributed by atoms with Gasteiger partial charge < -0.3 is 68.7 Å². The molecule has 0 aliphatic carbocycles. The second-order valence-electron chi connectivity index (χ2n) is 10.7. The predicted octanol–water partition coefficient (Wildman–Crippen LogP) is -2.47. The number of carbonyl (C=O) groups excluding carboxylic acids is 2. The number of nitrogens with one attached hydrogen (secondary N) is 1. The van der Waals surface area contributed by atoms with Gasteiger partial charge in [0.25, 0.3) is 5.69 Å². The number of benzene rings is 1. The van der Waals surface area contributed by atoms with Crippen LogP contribution < -0.4 is 14.8 Å². The van der Waals surface area contributed by atoms with Crippen molar-refractivity contribution >= 4 is 17.6 Å². The fraction of sp³-hybridized carbons (Fsp3) is 0.714. The zero-order valence-corrected chi connectivity index (χ0v) is 26.3. The molecule has 6 N–H and O–H groups in total. The minimum Gasteiger partial charge on any atom is -0.493 e. The molecule has 0 aromatic heterocycles. The van der Waals surface area contributed by atoms with E-state index in [1.54, 1.807) is 6.92 Å².